The summed E-state index contributed by atoms with van der Waals surface area (Å²) in [5.41, 5.74) is 1.49. The molecule has 1 saturated heterocycles. The van der Waals surface area contributed by atoms with Gasteiger partial charge in [-0.2, -0.15) is 13.2 Å². The molecule has 2 fully saturated rings. The van der Waals surface area contributed by atoms with Crippen LogP contribution in [0.1, 0.15) is 48.4 Å². The van der Waals surface area contributed by atoms with Crippen LogP contribution < -0.4 is 5.32 Å². The molecule has 6 heteroatoms. The van der Waals surface area contributed by atoms with Crippen LogP contribution in [0.3, 0.4) is 0 Å². The molecule has 0 amide bonds. The number of piperidine rings is 1. The van der Waals surface area contributed by atoms with Crippen LogP contribution in [0.5, 0.6) is 0 Å². The van der Waals surface area contributed by atoms with Crippen LogP contribution in [0.2, 0.25) is 0 Å². The third-order valence-electron chi connectivity index (χ3n) is 5.82. The van der Waals surface area contributed by atoms with Gasteiger partial charge in [-0.1, -0.05) is 12.1 Å². The summed E-state index contributed by atoms with van der Waals surface area (Å²) in [6, 6.07) is 10.3. The highest BCUT2D eigenvalue weighted by Gasteiger charge is 2.36. The topological polar surface area (TPSA) is 28.2 Å². The third kappa shape index (κ3) is 4.92. The van der Waals surface area contributed by atoms with Gasteiger partial charge in [-0.15, -0.1) is 0 Å². The van der Waals surface area contributed by atoms with E-state index < -0.39 is 11.7 Å². The summed E-state index contributed by atoms with van der Waals surface area (Å²) in [7, 11) is 0. The minimum Gasteiger partial charge on any atom is -0.307 e. The summed E-state index contributed by atoms with van der Waals surface area (Å²) in [5.74, 6) is 0.457. The SMILES string of the molecule is FC(F)(F)c1cccc([C@@H](NC2CCN(Cc3ccncc3)CC2)C2CC2)c1. The second-order valence-corrected chi connectivity index (χ2v) is 8.01. The molecule has 1 aliphatic heterocycles. The number of nitrogens with one attached hydrogen (secondary N) is 1. The standard InChI is InChI=1S/C22H26F3N3/c23-22(24,25)19-3-1-2-18(14-19)21(17-4-5-17)27-20-8-12-28(13-9-20)15-16-6-10-26-11-7-16/h1-3,6-7,10-11,14,17,20-21,27H,4-5,8-9,12-13,15H2/t21-/m0/s1. The van der Waals surface area contributed by atoms with Crippen LogP contribution >= 0.6 is 0 Å². The number of pyridine rings is 1. The number of nitrogens with zero attached hydrogens (tertiary/aromatic N) is 2. The minimum absolute atomic E-state index is 0.0269. The lowest BCUT2D eigenvalue weighted by atomic mass is 9.96. The Morgan fingerprint density at radius 3 is 2.39 bits per heavy atom. The van der Waals surface area contributed by atoms with Gasteiger partial charge in [0, 0.05) is 31.0 Å². The molecule has 2 aromatic rings. The predicted molar refractivity (Wildman–Crippen MR) is 103 cm³/mol. The lowest BCUT2D eigenvalue weighted by Gasteiger charge is -2.35. The molecule has 1 saturated carbocycles. The van der Waals surface area contributed by atoms with Crippen molar-refractivity contribution in [1.82, 2.24) is 15.2 Å². The van der Waals surface area contributed by atoms with Gasteiger partial charge in [-0.25, -0.2) is 0 Å². The Labute approximate surface area is 164 Å². The molecule has 28 heavy (non-hydrogen) atoms. The molecule has 1 aromatic carbocycles. The van der Waals surface area contributed by atoms with E-state index in [1.165, 1.54) is 17.7 Å². The molecule has 4 rings (SSSR count). The fourth-order valence-corrected chi connectivity index (χ4v) is 4.10. The molecule has 2 heterocycles. The van der Waals surface area contributed by atoms with Crippen molar-refractivity contribution in [1.29, 1.82) is 0 Å². The van der Waals surface area contributed by atoms with E-state index in [0.717, 1.165) is 56.9 Å². The molecule has 3 nitrogen and oxygen atoms in total. The molecule has 0 unspecified atom stereocenters. The zero-order valence-corrected chi connectivity index (χ0v) is 15.8. The van der Waals surface area contributed by atoms with Gasteiger partial charge in [0.15, 0.2) is 0 Å². The van der Waals surface area contributed by atoms with Gasteiger partial charge >= 0.3 is 6.18 Å². The number of benzene rings is 1. The van der Waals surface area contributed by atoms with Crippen LogP contribution in [0.15, 0.2) is 48.8 Å². The number of hydrogen-bond acceptors (Lipinski definition) is 3. The molecule has 0 radical (unpaired) electrons. The fraction of sp³-hybridized carbons (Fsp3) is 0.500. The Balaban J connectivity index is 1.36. The lowest BCUT2D eigenvalue weighted by Crippen LogP contribution is -2.43. The van der Waals surface area contributed by atoms with Crippen molar-refractivity contribution in [3.8, 4) is 0 Å². The second-order valence-electron chi connectivity index (χ2n) is 8.01. The smallest absolute Gasteiger partial charge is 0.307 e. The van der Waals surface area contributed by atoms with Gasteiger partial charge in [0.2, 0.25) is 0 Å². The first-order valence-electron chi connectivity index (χ1n) is 10.0. The second kappa shape index (κ2) is 8.21. The number of aromatic nitrogens is 1. The van der Waals surface area contributed by atoms with E-state index in [1.807, 2.05) is 30.6 Å². The van der Waals surface area contributed by atoms with Gasteiger partial charge in [-0.05, 0) is 80.1 Å². The van der Waals surface area contributed by atoms with Gasteiger partial charge in [0.05, 0.1) is 5.56 Å². The van der Waals surface area contributed by atoms with Crippen molar-refractivity contribution in [2.45, 2.75) is 50.5 Å². The number of rotatable bonds is 6. The first kappa shape index (κ1) is 19.4. The van der Waals surface area contributed by atoms with Gasteiger partial charge in [0.1, 0.15) is 0 Å². The van der Waals surface area contributed by atoms with Crippen LogP contribution in [-0.2, 0) is 12.7 Å². The molecule has 0 spiro atoms. The lowest BCUT2D eigenvalue weighted by molar-refractivity contribution is -0.137. The summed E-state index contributed by atoms with van der Waals surface area (Å²) < 4.78 is 39.3. The maximum Gasteiger partial charge on any atom is 0.416 e. The fourth-order valence-electron chi connectivity index (χ4n) is 4.10. The Bertz CT molecular complexity index is 766. The maximum atomic E-state index is 13.1. The van der Waals surface area contributed by atoms with Crippen molar-refractivity contribution in [2.24, 2.45) is 5.92 Å². The molecular weight excluding hydrogens is 363 g/mol. The first-order chi connectivity index (χ1) is 13.5. The van der Waals surface area contributed by atoms with E-state index in [-0.39, 0.29) is 6.04 Å². The molecule has 150 valence electrons. The van der Waals surface area contributed by atoms with Gasteiger partial charge in [0.25, 0.3) is 0 Å². The Kier molecular flexibility index (Phi) is 5.69. The number of hydrogen-bond donors (Lipinski definition) is 1. The molecule has 2 aliphatic rings. The van der Waals surface area contributed by atoms with Crippen molar-refractivity contribution in [3.05, 3.63) is 65.5 Å². The highest BCUT2D eigenvalue weighted by molar-refractivity contribution is 5.29. The normalized spacial score (nSPS) is 20.2. The number of halogens is 3. The highest BCUT2D eigenvalue weighted by Crippen LogP contribution is 2.42. The third-order valence-corrected chi connectivity index (χ3v) is 5.82. The van der Waals surface area contributed by atoms with Crippen LogP contribution in [-0.4, -0.2) is 29.0 Å². The van der Waals surface area contributed by atoms with E-state index in [9.17, 15) is 13.2 Å². The molecule has 1 aromatic heterocycles. The minimum atomic E-state index is -4.29. The first-order valence-corrected chi connectivity index (χ1v) is 10.0. The number of alkyl halides is 3. The summed E-state index contributed by atoms with van der Waals surface area (Å²) in [5, 5.41) is 3.69. The summed E-state index contributed by atoms with van der Waals surface area (Å²) in [6.07, 6.45) is 3.57. The van der Waals surface area contributed by atoms with E-state index in [4.69, 9.17) is 0 Å². The van der Waals surface area contributed by atoms with Gasteiger partial charge in [-0.3, -0.25) is 9.88 Å². The van der Waals surface area contributed by atoms with E-state index in [1.54, 1.807) is 0 Å². The Hall–Kier alpha value is -1.92. The summed E-state index contributed by atoms with van der Waals surface area (Å²) >= 11 is 0. The summed E-state index contributed by atoms with van der Waals surface area (Å²) in [6.45, 7) is 2.93. The summed E-state index contributed by atoms with van der Waals surface area (Å²) in [4.78, 5) is 6.49. The average molecular weight is 389 g/mol. The molecule has 0 bridgehead atoms. The van der Waals surface area contributed by atoms with E-state index in [2.05, 4.69) is 15.2 Å². The zero-order chi connectivity index (χ0) is 19.6. The van der Waals surface area contributed by atoms with Crippen molar-refractivity contribution >= 4 is 0 Å². The quantitative estimate of drug-likeness (QED) is 0.769. The van der Waals surface area contributed by atoms with Crippen molar-refractivity contribution < 1.29 is 13.2 Å². The maximum absolute atomic E-state index is 13.1. The Morgan fingerprint density at radius 1 is 1.04 bits per heavy atom. The molecule has 1 N–H and O–H groups in total. The Morgan fingerprint density at radius 2 is 1.75 bits per heavy atom. The highest BCUT2D eigenvalue weighted by atomic mass is 19.4. The monoisotopic (exact) mass is 389 g/mol. The number of likely N-dealkylation sites (tertiary alicyclic amines) is 1. The predicted octanol–water partition coefficient (Wildman–Crippen LogP) is 4.81. The van der Waals surface area contributed by atoms with Crippen LogP contribution in [0.25, 0.3) is 0 Å². The molecule has 1 atom stereocenters. The van der Waals surface area contributed by atoms with E-state index >= 15 is 0 Å². The zero-order valence-electron chi connectivity index (χ0n) is 15.8. The van der Waals surface area contributed by atoms with E-state index in [0.29, 0.717) is 12.0 Å². The van der Waals surface area contributed by atoms with Crippen LogP contribution in [0.4, 0.5) is 13.2 Å². The van der Waals surface area contributed by atoms with Crippen molar-refractivity contribution in [3.63, 3.8) is 0 Å². The van der Waals surface area contributed by atoms with Crippen molar-refractivity contribution in [2.75, 3.05) is 13.1 Å². The molecule has 1 aliphatic carbocycles. The molecular formula is C22H26F3N3. The van der Waals surface area contributed by atoms with Crippen LogP contribution in [0, 0.1) is 5.92 Å². The van der Waals surface area contributed by atoms with Gasteiger partial charge < -0.3 is 5.32 Å². The largest absolute Gasteiger partial charge is 0.416 e. The average Bonchev–Trinajstić information content (AvgIpc) is 3.53.